The van der Waals surface area contributed by atoms with Crippen LogP contribution in [0.1, 0.15) is 17.0 Å². The minimum absolute atomic E-state index is 0.0362. The summed E-state index contributed by atoms with van der Waals surface area (Å²) in [5.74, 6) is -0.0457. The molecule has 1 aliphatic heterocycles. The smallest absolute Gasteiger partial charge is 0.0638 e. The van der Waals surface area contributed by atoms with Crippen LogP contribution >= 0.6 is 0 Å². The zero-order chi connectivity index (χ0) is 40.3. The van der Waals surface area contributed by atoms with Gasteiger partial charge in [-0.2, -0.15) is 0 Å². The zero-order valence-corrected chi connectivity index (χ0v) is 33.4. The first-order chi connectivity index (χ1) is 29.6. The first-order valence-corrected chi connectivity index (χ1v) is 20.8. The second kappa shape index (κ2) is 14.4. The fraction of sp³-hybridized carbons (Fsp3) is 0.0517. The monoisotopic (exact) mass is 766 g/mol. The summed E-state index contributed by atoms with van der Waals surface area (Å²) in [5.41, 5.74) is 14.2. The normalized spacial score (nSPS) is 14.8. The molecule has 10 aromatic carbocycles. The van der Waals surface area contributed by atoms with Gasteiger partial charge >= 0.3 is 0 Å². The average molecular weight is 767 g/mol. The summed E-state index contributed by atoms with van der Waals surface area (Å²) in [4.78, 5) is 2.35. The maximum atomic E-state index is 8.34. The van der Waals surface area contributed by atoms with Crippen molar-refractivity contribution >= 4 is 60.7 Å². The predicted octanol–water partition coefficient (Wildman–Crippen LogP) is 15.7. The Labute approximate surface area is 350 Å². The molecule has 1 N–H and O–H groups in total. The first kappa shape index (κ1) is 35.6. The zero-order valence-electron chi connectivity index (χ0n) is 33.4. The molecule has 2 nitrogen and oxygen atoms in total. The molecule has 0 radical (unpaired) electrons. The van der Waals surface area contributed by atoms with Crippen molar-refractivity contribution in [2.45, 2.75) is 18.9 Å². The second-order valence-corrected chi connectivity index (χ2v) is 16.2. The summed E-state index contributed by atoms with van der Waals surface area (Å²) in [7, 11) is 0. The third kappa shape index (κ3) is 5.83. The Bertz CT molecular complexity index is 3350. The van der Waals surface area contributed by atoms with Crippen LogP contribution in [-0.2, 0) is 0 Å². The fourth-order valence-corrected chi connectivity index (χ4v) is 9.80. The van der Waals surface area contributed by atoms with E-state index in [2.05, 4.69) is 213 Å². The van der Waals surface area contributed by atoms with Crippen LogP contribution in [-0.4, -0.2) is 12.3 Å². The van der Waals surface area contributed by atoms with Gasteiger partial charge in [-0.3, -0.25) is 0 Å². The molecule has 2 heteroatoms. The maximum Gasteiger partial charge on any atom is 0.0638 e. The van der Waals surface area contributed by atoms with Gasteiger partial charge in [-0.15, -0.1) is 6.58 Å². The fourth-order valence-electron chi connectivity index (χ4n) is 9.80. The molecule has 10 aromatic rings. The average Bonchev–Trinajstić information content (AvgIpc) is 3.62. The van der Waals surface area contributed by atoms with Gasteiger partial charge in [-0.05, 0) is 143 Å². The molecule has 0 saturated carbocycles. The van der Waals surface area contributed by atoms with Crippen molar-refractivity contribution in [3.05, 3.63) is 218 Å². The van der Waals surface area contributed by atoms with Crippen molar-refractivity contribution in [3.63, 3.8) is 0 Å². The number of hydrogen-bond donors (Lipinski definition) is 1. The Kier molecular flexibility index (Phi) is 8.53. The van der Waals surface area contributed by atoms with Crippen molar-refractivity contribution < 1.29 is 0 Å². The van der Waals surface area contributed by atoms with Gasteiger partial charge in [0.05, 0.1) is 6.04 Å². The molecule has 0 saturated heterocycles. The lowest BCUT2D eigenvalue weighted by Crippen LogP contribution is -2.28. The van der Waals surface area contributed by atoms with Crippen molar-refractivity contribution in [3.8, 4) is 44.5 Å². The number of aryl methyl sites for hydroxylation is 1. The van der Waals surface area contributed by atoms with Crippen LogP contribution in [0.3, 0.4) is 0 Å². The molecule has 0 amide bonds. The number of nitrogens with zero attached hydrogens (tertiary/aromatic N) is 1. The van der Waals surface area contributed by atoms with Gasteiger partial charge in [0.1, 0.15) is 0 Å². The number of fused-ring (bicyclic) bond motifs is 5. The standard InChI is InChI=1S/C58H42N2/c1-3-55-54(36-59)52-30-37(2)22-29-56(52)60(55)48-19-11-18-44(34-48)42-16-10-17-43(31-42)45-27-28-51-53(35-45)58(47-26-24-39-13-5-7-15-41(39)33-47)50-21-9-8-20-49(50)57(51)46-25-23-38-12-4-6-14-40(38)32-46/h3-36,54-55,59H,1H2,2H3. The Morgan fingerprint density at radius 1 is 0.450 bits per heavy atom. The van der Waals surface area contributed by atoms with Crippen LogP contribution in [0.2, 0.25) is 0 Å². The lowest BCUT2D eigenvalue weighted by molar-refractivity contribution is 0.790. The van der Waals surface area contributed by atoms with Gasteiger partial charge in [-0.25, -0.2) is 0 Å². The van der Waals surface area contributed by atoms with Crippen LogP contribution in [0, 0.1) is 12.3 Å². The number of benzene rings is 10. The van der Waals surface area contributed by atoms with E-state index in [0.29, 0.717) is 0 Å². The van der Waals surface area contributed by atoms with Gasteiger partial charge in [-0.1, -0.05) is 163 Å². The molecule has 0 spiro atoms. The quantitative estimate of drug-likeness (QED) is 0.0976. The SMILES string of the molecule is C=CC1C(C=N)c2cc(C)ccc2N1c1cccc(-c2cccc(-c3ccc4c(-c5ccc6ccccc6c5)c5ccccc5c(-c5ccc6ccccc6c5)c4c3)c2)c1. The van der Waals surface area contributed by atoms with Gasteiger partial charge in [0.2, 0.25) is 0 Å². The number of nitrogens with one attached hydrogen (secondary N) is 1. The molecule has 11 rings (SSSR count). The number of rotatable bonds is 7. The highest BCUT2D eigenvalue weighted by Crippen LogP contribution is 2.48. The van der Waals surface area contributed by atoms with Crippen molar-refractivity contribution in [2.75, 3.05) is 4.90 Å². The highest BCUT2D eigenvalue weighted by atomic mass is 15.2. The Morgan fingerprint density at radius 3 is 1.62 bits per heavy atom. The van der Waals surface area contributed by atoms with E-state index in [1.807, 2.05) is 6.08 Å². The minimum atomic E-state index is -0.0457. The van der Waals surface area contributed by atoms with Crippen LogP contribution < -0.4 is 4.90 Å². The first-order valence-electron chi connectivity index (χ1n) is 20.8. The molecular weight excluding hydrogens is 725 g/mol. The Balaban J connectivity index is 1.09. The minimum Gasteiger partial charge on any atom is -0.333 e. The second-order valence-electron chi connectivity index (χ2n) is 16.2. The van der Waals surface area contributed by atoms with Gasteiger partial charge < -0.3 is 10.3 Å². The Morgan fingerprint density at radius 2 is 0.983 bits per heavy atom. The summed E-state index contributed by atoms with van der Waals surface area (Å²) in [6.45, 7) is 6.33. The van der Waals surface area contributed by atoms with Crippen molar-refractivity contribution in [1.82, 2.24) is 0 Å². The molecule has 2 atom stereocenters. The molecule has 1 heterocycles. The summed E-state index contributed by atoms with van der Waals surface area (Å²) >= 11 is 0. The Hall–Kier alpha value is -7.55. The third-order valence-corrected chi connectivity index (χ3v) is 12.6. The highest BCUT2D eigenvalue weighted by molar-refractivity contribution is 6.22. The van der Waals surface area contributed by atoms with Gasteiger partial charge in [0, 0.05) is 23.5 Å². The van der Waals surface area contributed by atoms with Crippen LogP contribution in [0.25, 0.3) is 87.6 Å². The number of anilines is 2. The van der Waals surface area contributed by atoms with E-state index in [4.69, 9.17) is 5.41 Å². The molecule has 0 fully saturated rings. The molecule has 0 aromatic heterocycles. The van der Waals surface area contributed by atoms with Crippen molar-refractivity contribution in [1.29, 1.82) is 5.41 Å². The lowest BCUT2D eigenvalue weighted by atomic mass is 9.84. The van der Waals surface area contributed by atoms with Gasteiger partial charge in [0.15, 0.2) is 0 Å². The highest BCUT2D eigenvalue weighted by Gasteiger charge is 2.36. The largest absolute Gasteiger partial charge is 0.333 e. The molecule has 60 heavy (non-hydrogen) atoms. The molecule has 284 valence electrons. The van der Waals surface area contributed by atoms with E-state index in [9.17, 15) is 0 Å². The topological polar surface area (TPSA) is 27.1 Å². The summed E-state index contributed by atoms with van der Waals surface area (Å²) in [6.07, 6.45) is 3.55. The van der Waals surface area contributed by atoms with Gasteiger partial charge in [0.25, 0.3) is 0 Å². The summed E-state index contributed by atoms with van der Waals surface area (Å²) in [5, 5.41) is 18.3. The summed E-state index contributed by atoms with van der Waals surface area (Å²) in [6, 6.07) is 71.4. The molecule has 2 unspecified atom stereocenters. The van der Waals surface area contributed by atoms with E-state index in [0.717, 1.165) is 22.5 Å². The van der Waals surface area contributed by atoms with E-state index in [1.165, 1.54) is 87.6 Å². The lowest BCUT2D eigenvalue weighted by Gasteiger charge is -2.27. The van der Waals surface area contributed by atoms with Crippen LogP contribution in [0.5, 0.6) is 0 Å². The van der Waals surface area contributed by atoms with E-state index in [1.54, 1.807) is 6.21 Å². The molecule has 0 bridgehead atoms. The van der Waals surface area contributed by atoms with E-state index >= 15 is 0 Å². The summed E-state index contributed by atoms with van der Waals surface area (Å²) < 4.78 is 0. The molecule has 0 aliphatic carbocycles. The number of hydrogen-bond acceptors (Lipinski definition) is 2. The molecular formula is C58H42N2. The van der Waals surface area contributed by atoms with E-state index in [-0.39, 0.29) is 12.0 Å². The van der Waals surface area contributed by atoms with Crippen LogP contribution in [0.4, 0.5) is 11.4 Å². The van der Waals surface area contributed by atoms with Crippen molar-refractivity contribution in [2.24, 2.45) is 0 Å². The van der Waals surface area contributed by atoms with Crippen LogP contribution in [0.15, 0.2) is 207 Å². The predicted molar refractivity (Wildman–Crippen MR) is 257 cm³/mol. The molecule has 1 aliphatic rings. The maximum absolute atomic E-state index is 8.34. The third-order valence-electron chi connectivity index (χ3n) is 12.6. The van der Waals surface area contributed by atoms with E-state index < -0.39 is 0 Å².